The average molecular weight is 638 g/mol. The van der Waals surface area contributed by atoms with Crippen molar-refractivity contribution in [2.75, 3.05) is 4.31 Å². The van der Waals surface area contributed by atoms with Crippen LogP contribution in [-0.2, 0) is 17.7 Å². The van der Waals surface area contributed by atoms with Gasteiger partial charge in [-0.25, -0.2) is 0 Å². The van der Waals surface area contributed by atoms with E-state index in [-0.39, 0.29) is 23.1 Å². The first-order chi connectivity index (χ1) is 16.8. The average Bonchev–Trinajstić information content (AvgIpc) is 3.27. The van der Waals surface area contributed by atoms with Crippen LogP contribution in [0.5, 0.6) is 0 Å². The number of nitrogens with one attached hydrogen (secondary N) is 1. The molecule has 0 aliphatic rings. The Morgan fingerprint density at radius 3 is 2.54 bits per heavy atom. The lowest BCUT2D eigenvalue weighted by Gasteiger charge is -2.27. The van der Waals surface area contributed by atoms with E-state index >= 15 is 0 Å². The molecular weight excluding hydrogens is 619 g/mol. The number of carbonyl (C=O) groups is 1. The molecule has 1 N–H and O–H groups in total. The molecule has 2 unspecified atom stereocenters. The van der Waals surface area contributed by atoms with Gasteiger partial charge < -0.3 is 9.87 Å². The third kappa shape index (κ3) is 6.25. The van der Waals surface area contributed by atoms with Crippen LogP contribution < -0.4 is 9.62 Å². The van der Waals surface area contributed by atoms with Crippen molar-refractivity contribution in [3.63, 3.8) is 0 Å². The van der Waals surface area contributed by atoms with Gasteiger partial charge in [-0.2, -0.15) is 8.75 Å². The monoisotopic (exact) mass is 637 g/mol. The number of rotatable bonds is 8. The van der Waals surface area contributed by atoms with Crippen LogP contribution in [0.4, 0.5) is 11.5 Å². The minimum Gasteiger partial charge on any atom is -0.755 e. The maximum absolute atomic E-state index is 13.3. The van der Waals surface area contributed by atoms with Crippen molar-refractivity contribution in [2.45, 2.75) is 19.4 Å². The van der Waals surface area contributed by atoms with Gasteiger partial charge in [0.25, 0.3) is 5.91 Å². The molecule has 0 fully saturated rings. The molecule has 0 saturated carbocycles. The van der Waals surface area contributed by atoms with Gasteiger partial charge in [-0.05, 0) is 71.0 Å². The van der Waals surface area contributed by atoms with Gasteiger partial charge in [0.2, 0.25) is 0 Å². The fraction of sp³-hybridized carbons (Fsp3) is 0.125. The first-order valence-corrected chi connectivity index (χ1v) is 13.7. The largest absolute Gasteiger partial charge is 0.755 e. The number of halogens is 2. The highest BCUT2D eigenvalue weighted by Crippen LogP contribution is 2.34. The Hall–Kier alpha value is -2.38. The normalized spacial score (nSPS) is 12.7. The van der Waals surface area contributed by atoms with E-state index in [0.717, 1.165) is 30.7 Å². The summed E-state index contributed by atoms with van der Waals surface area (Å²) in [6.07, 6.45) is 0.402. The first kappa shape index (κ1) is 25.7. The Labute approximate surface area is 228 Å². The van der Waals surface area contributed by atoms with Crippen molar-refractivity contribution in [3.8, 4) is 0 Å². The molecule has 1 amide bonds. The molecule has 0 aliphatic heterocycles. The van der Waals surface area contributed by atoms with E-state index in [1.165, 1.54) is 0 Å². The van der Waals surface area contributed by atoms with Crippen molar-refractivity contribution in [1.29, 1.82) is 0 Å². The maximum atomic E-state index is 13.3. The first-order valence-electron chi connectivity index (χ1n) is 10.4. The highest BCUT2D eigenvalue weighted by Gasteiger charge is 2.25. The third-order valence-electron chi connectivity index (χ3n) is 5.23. The van der Waals surface area contributed by atoms with Crippen LogP contribution in [0.1, 0.15) is 40.1 Å². The lowest BCUT2D eigenvalue weighted by atomic mass is 10.1. The smallest absolute Gasteiger partial charge is 0.253 e. The standard InChI is InChI=1S/C24H20ClIN4O3S2/c1-15(17-7-9-18(25)10-8-17)27-24(31)20-12-11-19(26)14-22(20)30(35(32)33)23-21(28-34-29-23)13-16-5-3-2-4-6-16/h2-12,14-15H,13H2,1H3,(H,27,31)(H,32,33)/p-1. The third-order valence-corrected chi connectivity index (χ3v) is 7.38. The molecule has 0 spiro atoms. The number of nitrogens with zero attached hydrogens (tertiary/aromatic N) is 3. The summed E-state index contributed by atoms with van der Waals surface area (Å²) < 4.78 is 35.4. The number of amides is 1. The fourth-order valence-electron chi connectivity index (χ4n) is 3.50. The number of hydrogen-bond acceptors (Lipinski definition) is 6. The molecule has 11 heteroatoms. The molecule has 7 nitrogen and oxygen atoms in total. The Balaban J connectivity index is 1.69. The van der Waals surface area contributed by atoms with Crippen molar-refractivity contribution in [3.05, 3.63) is 104 Å². The van der Waals surface area contributed by atoms with Crippen LogP contribution in [0.3, 0.4) is 0 Å². The van der Waals surface area contributed by atoms with Crippen LogP contribution in [0.15, 0.2) is 72.8 Å². The van der Waals surface area contributed by atoms with E-state index in [0.29, 0.717) is 17.1 Å². The van der Waals surface area contributed by atoms with E-state index < -0.39 is 17.2 Å². The molecule has 1 heterocycles. The molecule has 0 aliphatic carbocycles. The van der Waals surface area contributed by atoms with Gasteiger partial charge in [-0.15, -0.1) is 0 Å². The number of carbonyl (C=O) groups excluding carboxylic acids is 1. The zero-order chi connectivity index (χ0) is 24.9. The molecular formula is C24H19ClIN4O3S2-. The van der Waals surface area contributed by atoms with Gasteiger partial charge in [0.15, 0.2) is 5.82 Å². The van der Waals surface area contributed by atoms with Gasteiger partial charge >= 0.3 is 0 Å². The van der Waals surface area contributed by atoms with E-state index in [4.69, 9.17) is 11.6 Å². The molecule has 4 aromatic rings. The van der Waals surface area contributed by atoms with Gasteiger partial charge in [0.1, 0.15) is 5.69 Å². The van der Waals surface area contributed by atoms with Crippen molar-refractivity contribution < 1.29 is 13.6 Å². The van der Waals surface area contributed by atoms with Crippen LogP contribution in [-0.4, -0.2) is 23.4 Å². The summed E-state index contributed by atoms with van der Waals surface area (Å²) in [6.45, 7) is 1.85. The summed E-state index contributed by atoms with van der Waals surface area (Å²) in [5.41, 5.74) is 2.75. The molecule has 180 valence electrons. The van der Waals surface area contributed by atoms with E-state index in [2.05, 4.69) is 36.7 Å². The van der Waals surface area contributed by atoms with Crippen molar-refractivity contribution >= 4 is 74.6 Å². The second kappa shape index (κ2) is 11.6. The molecule has 4 rings (SSSR count). The zero-order valence-electron chi connectivity index (χ0n) is 18.4. The minimum atomic E-state index is -2.75. The molecule has 0 radical (unpaired) electrons. The Bertz CT molecular complexity index is 1350. The Morgan fingerprint density at radius 1 is 1.14 bits per heavy atom. The van der Waals surface area contributed by atoms with Gasteiger partial charge in [-0.1, -0.05) is 54.1 Å². The second-order valence-corrected chi connectivity index (χ2v) is 10.6. The van der Waals surface area contributed by atoms with Gasteiger partial charge in [0, 0.05) is 15.0 Å². The molecule has 35 heavy (non-hydrogen) atoms. The van der Waals surface area contributed by atoms with Crippen LogP contribution in [0.25, 0.3) is 0 Å². The predicted molar refractivity (Wildman–Crippen MR) is 147 cm³/mol. The Kier molecular flexibility index (Phi) is 8.50. The summed E-state index contributed by atoms with van der Waals surface area (Å²) in [7, 11) is 0. The van der Waals surface area contributed by atoms with Gasteiger partial charge in [0.05, 0.1) is 40.3 Å². The predicted octanol–water partition coefficient (Wildman–Crippen LogP) is 5.81. The SMILES string of the molecule is CC(NC(=O)c1ccc(I)cc1N(c1nsnc1Cc1ccccc1)S(=O)[O-])c1ccc(Cl)cc1. The highest BCUT2D eigenvalue weighted by atomic mass is 127. The van der Waals surface area contributed by atoms with Crippen LogP contribution >= 0.6 is 45.9 Å². The van der Waals surface area contributed by atoms with E-state index in [1.807, 2.05) is 49.4 Å². The summed E-state index contributed by atoms with van der Waals surface area (Å²) in [5, 5.41) is 3.54. The van der Waals surface area contributed by atoms with Crippen LogP contribution in [0, 0.1) is 3.57 Å². The molecule has 2 atom stereocenters. The van der Waals surface area contributed by atoms with Gasteiger partial charge in [-0.3, -0.25) is 13.3 Å². The Morgan fingerprint density at radius 2 is 1.86 bits per heavy atom. The van der Waals surface area contributed by atoms with Crippen LogP contribution in [0.2, 0.25) is 5.02 Å². The summed E-state index contributed by atoms with van der Waals surface area (Å²) in [6, 6.07) is 21.4. The maximum Gasteiger partial charge on any atom is 0.253 e. The summed E-state index contributed by atoms with van der Waals surface area (Å²) >= 11 is 6.22. The second-order valence-electron chi connectivity index (χ2n) is 7.62. The molecule has 3 aromatic carbocycles. The molecule has 0 bridgehead atoms. The number of hydrogen-bond donors (Lipinski definition) is 1. The van der Waals surface area contributed by atoms with E-state index in [1.54, 1.807) is 30.3 Å². The molecule has 0 saturated heterocycles. The minimum absolute atomic E-state index is 0.175. The lowest BCUT2D eigenvalue weighted by molar-refractivity contribution is 0.0940. The van der Waals surface area contributed by atoms with Crippen molar-refractivity contribution in [2.24, 2.45) is 0 Å². The quantitative estimate of drug-likeness (QED) is 0.194. The number of benzene rings is 3. The zero-order valence-corrected chi connectivity index (χ0v) is 22.9. The topological polar surface area (TPSA) is 98.2 Å². The highest BCUT2D eigenvalue weighted by molar-refractivity contribution is 14.1. The fourth-order valence-corrected chi connectivity index (χ4v) is 5.30. The van der Waals surface area contributed by atoms with E-state index in [9.17, 15) is 13.6 Å². The number of anilines is 2. The number of aromatic nitrogens is 2. The van der Waals surface area contributed by atoms with Crippen molar-refractivity contribution in [1.82, 2.24) is 14.1 Å². The summed E-state index contributed by atoms with van der Waals surface area (Å²) in [4.78, 5) is 13.3. The molecule has 1 aromatic heterocycles. The lowest BCUT2D eigenvalue weighted by Crippen LogP contribution is -2.30. The summed E-state index contributed by atoms with van der Waals surface area (Å²) in [5.74, 6) is -0.240.